The number of hydrogen-bond donors (Lipinski definition) is 1. The smallest absolute Gasteiger partial charge is 0.316 e. The van der Waals surface area contributed by atoms with E-state index in [4.69, 9.17) is 0 Å². The summed E-state index contributed by atoms with van der Waals surface area (Å²) in [6, 6.07) is 16.3. The number of para-hydroxylation sites is 1. The maximum Gasteiger partial charge on any atom is 0.326 e. The summed E-state index contributed by atoms with van der Waals surface area (Å²) in [6.07, 6.45) is 0. The van der Waals surface area contributed by atoms with Crippen LogP contribution in [-0.4, -0.2) is 26.0 Å². The SMILES string of the molecule is CC(=O)N(C)c1ccc(N(C)C(=O)Nc2ccccc2)cc1. The highest BCUT2D eigenvalue weighted by molar-refractivity contribution is 6.01. The zero-order chi connectivity index (χ0) is 16.1. The van der Waals surface area contributed by atoms with Crippen molar-refractivity contribution >= 4 is 29.0 Å². The van der Waals surface area contributed by atoms with Crippen molar-refractivity contribution in [2.45, 2.75) is 6.92 Å². The standard InChI is InChI=1S/C17H19N3O2/c1-13(21)19(2)15-9-11-16(12-10-15)20(3)17(22)18-14-7-5-4-6-8-14/h4-12H,1-3H3,(H,18,22). The molecule has 22 heavy (non-hydrogen) atoms. The highest BCUT2D eigenvalue weighted by Crippen LogP contribution is 2.20. The molecule has 0 unspecified atom stereocenters. The highest BCUT2D eigenvalue weighted by Gasteiger charge is 2.12. The molecule has 0 aliphatic carbocycles. The van der Waals surface area contributed by atoms with Crippen molar-refractivity contribution in [1.29, 1.82) is 0 Å². The van der Waals surface area contributed by atoms with Gasteiger partial charge < -0.3 is 10.2 Å². The molecule has 0 aliphatic rings. The van der Waals surface area contributed by atoms with E-state index in [9.17, 15) is 9.59 Å². The van der Waals surface area contributed by atoms with Crippen LogP contribution in [0, 0.1) is 0 Å². The maximum absolute atomic E-state index is 12.2. The van der Waals surface area contributed by atoms with Gasteiger partial charge >= 0.3 is 6.03 Å². The van der Waals surface area contributed by atoms with Crippen molar-refractivity contribution in [2.75, 3.05) is 29.2 Å². The van der Waals surface area contributed by atoms with Crippen LogP contribution in [0.3, 0.4) is 0 Å². The lowest BCUT2D eigenvalue weighted by atomic mass is 10.2. The van der Waals surface area contributed by atoms with Crippen LogP contribution in [0.1, 0.15) is 6.92 Å². The molecular formula is C17H19N3O2. The summed E-state index contributed by atoms with van der Waals surface area (Å²) in [5.74, 6) is -0.0390. The molecule has 0 saturated carbocycles. The Morgan fingerprint density at radius 1 is 0.818 bits per heavy atom. The summed E-state index contributed by atoms with van der Waals surface area (Å²) in [7, 11) is 3.41. The number of urea groups is 1. The zero-order valence-electron chi connectivity index (χ0n) is 12.9. The normalized spacial score (nSPS) is 9.95. The molecule has 2 aromatic rings. The quantitative estimate of drug-likeness (QED) is 0.944. The zero-order valence-corrected chi connectivity index (χ0v) is 12.9. The van der Waals surface area contributed by atoms with Crippen LogP contribution >= 0.6 is 0 Å². The van der Waals surface area contributed by atoms with Crippen molar-refractivity contribution < 1.29 is 9.59 Å². The number of amides is 3. The fraction of sp³-hybridized carbons (Fsp3) is 0.176. The molecule has 0 aliphatic heterocycles. The van der Waals surface area contributed by atoms with Gasteiger partial charge in [0.2, 0.25) is 5.91 Å². The number of nitrogens with one attached hydrogen (secondary N) is 1. The van der Waals surface area contributed by atoms with Gasteiger partial charge in [-0.25, -0.2) is 4.79 Å². The van der Waals surface area contributed by atoms with Crippen LogP contribution < -0.4 is 15.1 Å². The molecule has 0 atom stereocenters. The van der Waals surface area contributed by atoms with E-state index in [1.807, 2.05) is 42.5 Å². The van der Waals surface area contributed by atoms with E-state index < -0.39 is 0 Å². The number of hydrogen-bond acceptors (Lipinski definition) is 2. The van der Waals surface area contributed by atoms with Crippen LogP contribution in [0.5, 0.6) is 0 Å². The molecule has 1 N–H and O–H groups in total. The minimum atomic E-state index is -0.223. The number of rotatable bonds is 3. The first-order chi connectivity index (χ1) is 10.5. The topological polar surface area (TPSA) is 52.7 Å². The number of nitrogens with zero attached hydrogens (tertiary/aromatic N) is 2. The maximum atomic E-state index is 12.2. The molecule has 0 heterocycles. The molecule has 0 fully saturated rings. The first-order valence-corrected chi connectivity index (χ1v) is 6.93. The largest absolute Gasteiger partial charge is 0.326 e. The van der Waals surface area contributed by atoms with Crippen molar-refractivity contribution in [1.82, 2.24) is 0 Å². The minimum Gasteiger partial charge on any atom is -0.316 e. The van der Waals surface area contributed by atoms with Crippen LogP contribution in [0.4, 0.5) is 21.9 Å². The second-order valence-corrected chi connectivity index (χ2v) is 4.95. The third kappa shape index (κ3) is 3.63. The molecule has 0 aromatic heterocycles. The fourth-order valence-corrected chi connectivity index (χ4v) is 1.93. The minimum absolute atomic E-state index is 0.0390. The molecule has 0 saturated heterocycles. The van der Waals surface area contributed by atoms with Crippen LogP contribution in [0.25, 0.3) is 0 Å². The Hall–Kier alpha value is -2.82. The summed E-state index contributed by atoms with van der Waals surface area (Å²) in [4.78, 5) is 26.6. The van der Waals surface area contributed by atoms with E-state index in [1.54, 1.807) is 31.1 Å². The lowest BCUT2D eigenvalue weighted by molar-refractivity contribution is -0.116. The van der Waals surface area contributed by atoms with Crippen molar-refractivity contribution in [3.05, 3.63) is 54.6 Å². The van der Waals surface area contributed by atoms with Crippen molar-refractivity contribution in [2.24, 2.45) is 0 Å². The van der Waals surface area contributed by atoms with Crippen molar-refractivity contribution in [3.63, 3.8) is 0 Å². The summed E-state index contributed by atoms with van der Waals surface area (Å²) in [5.41, 5.74) is 2.27. The van der Waals surface area contributed by atoms with Gasteiger partial charge in [-0.15, -0.1) is 0 Å². The second kappa shape index (κ2) is 6.76. The molecular weight excluding hydrogens is 278 g/mol. The van der Waals surface area contributed by atoms with Crippen molar-refractivity contribution in [3.8, 4) is 0 Å². The Morgan fingerprint density at radius 2 is 1.32 bits per heavy atom. The van der Waals surface area contributed by atoms with Gasteiger partial charge in [0.15, 0.2) is 0 Å². The van der Waals surface area contributed by atoms with E-state index in [0.717, 1.165) is 17.1 Å². The van der Waals surface area contributed by atoms with Gasteiger partial charge in [-0.3, -0.25) is 9.69 Å². The van der Waals surface area contributed by atoms with E-state index in [0.29, 0.717) is 0 Å². The Kier molecular flexibility index (Phi) is 4.78. The predicted molar refractivity (Wildman–Crippen MR) is 89.4 cm³/mol. The Labute approximate surface area is 130 Å². The highest BCUT2D eigenvalue weighted by atomic mass is 16.2. The molecule has 3 amide bonds. The van der Waals surface area contributed by atoms with E-state index in [1.165, 1.54) is 11.8 Å². The van der Waals surface area contributed by atoms with Gasteiger partial charge in [0.25, 0.3) is 0 Å². The van der Waals surface area contributed by atoms with Gasteiger partial charge in [0, 0.05) is 38.1 Å². The van der Waals surface area contributed by atoms with Gasteiger partial charge in [-0.2, -0.15) is 0 Å². The van der Waals surface area contributed by atoms with Gasteiger partial charge in [0.1, 0.15) is 0 Å². The summed E-state index contributed by atoms with van der Waals surface area (Å²) in [6.45, 7) is 1.51. The average Bonchev–Trinajstić information content (AvgIpc) is 2.54. The summed E-state index contributed by atoms with van der Waals surface area (Å²) in [5, 5.41) is 2.82. The van der Waals surface area contributed by atoms with Crippen LogP contribution in [0.15, 0.2) is 54.6 Å². The Bertz CT molecular complexity index is 653. The second-order valence-electron chi connectivity index (χ2n) is 4.95. The molecule has 2 aromatic carbocycles. The van der Waals surface area contributed by atoms with E-state index >= 15 is 0 Å². The fourth-order valence-electron chi connectivity index (χ4n) is 1.93. The molecule has 5 nitrogen and oxygen atoms in total. The monoisotopic (exact) mass is 297 g/mol. The lowest BCUT2D eigenvalue weighted by Gasteiger charge is -2.20. The lowest BCUT2D eigenvalue weighted by Crippen LogP contribution is -2.31. The first-order valence-electron chi connectivity index (χ1n) is 6.93. The van der Waals surface area contributed by atoms with E-state index in [2.05, 4.69) is 5.32 Å². The Morgan fingerprint density at radius 3 is 1.82 bits per heavy atom. The third-order valence-corrected chi connectivity index (χ3v) is 3.43. The number of carbonyl (C=O) groups excluding carboxylic acids is 2. The number of anilines is 3. The van der Waals surface area contributed by atoms with E-state index in [-0.39, 0.29) is 11.9 Å². The Balaban J connectivity index is 2.07. The van der Waals surface area contributed by atoms with Crippen LogP contribution in [0.2, 0.25) is 0 Å². The molecule has 114 valence electrons. The molecule has 0 bridgehead atoms. The van der Waals surface area contributed by atoms with Gasteiger partial charge in [-0.05, 0) is 36.4 Å². The van der Waals surface area contributed by atoms with Crippen LogP contribution in [-0.2, 0) is 4.79 Å². The molecule has 5 heteroatoms. The summed E-state index contributed by atoms with van der Waals surface area (Å²) >= 11 is 0. The van der Waals surface area contributed by atoms with Gasteiger partial charge in [-0.1, -0.05) is 18.2 Å². The number of carbonyl (C=O) groups is 2. The third-order valence-electron chi connectivity index (χ3n) is 3.43. The number of benzene rings is 2. The first kappa shape index (κ1) is 15.6. The molecule has 2 rings (SSSR count). The van der Waals surface area contributed by atoms with Gasteiger partial charge in [0.05, 0.1) is 0 Å². The molecule has 0 spiro atoms. The average molecular weight is 297 g/mol. The predicted octanol–water partition coefficient (Wildman–Crippen LogP) is 3.34. The molecule has 0 radical (unpaired) electrons. The summed E-state index contributed by atoms with van der Waals surface area (Å²) < 4.78 is 0.